The van der Waals surface area contributed by atoms with Crippen molar-refractivity contribution in [2.24, 2.45) is 0 Å². The van der Waals surface area contributed by atoms with Crippen molar-refractivity contribution in [3.05, 3.63) is 71.4 Å². The number of aromatic nitrogens is 1. The molecule has 0 saturated heterocycles. The Labute approximate surface area is 188 Å². The molecule has 3 rings (SSSR count). The van der Waals surface area contributed by atoms with Crippen molar-refractivity contribution >= 4 is 17.4 Å². The second-order valence-electron chi connectivity index (χ2n) is 7.69. The molecular weight excluding hydrogens is 404 g/mol. The average Bonchev–Trinajstić information content (AvgIpc) is 3.02. The number of ether oxygens (including phenoxy) is 1. The summed E-state index contributed by atoms with van der Waals surface area (Å²) in [5, 5.41) is 22.6. The van der Waals surface area contributed by atoms with Gasteiger partial charge in [-0.15, -0.1) is 0 Å². The Bertz CT molecular complexity index is 1110. The van der Waals surface area contributed by atoms with E-state index in [0.717, 1.165) is 28.4 Å². The van der Waals surface area contributed by atoms with Crippen LogP contribution in [0.2, 0.25) is 0 Å². The molecule has 7 nitrogen and oxygen atoms in total. The maximum atomic E-state index is 13.1. The van der Waals surface area contributed by atoms with Crippen LogP contribution in [0.1, 0.15) is 23.7 Å². The van der Waals surface area contributed by atoms with Crippen molar-refractivity contribution in [1.82, 2.24) is 4.57 Å². The largest absolute Gasteiger partial charge is 0.497 e. The predicted octanol–water partition coefficient (Wildman–Crippen LogP) is 3.80. The first-order valence-electron chi connectivity index (χ1n) is 10.4. The maximum absolute atomic E-state index is 13.1. The lowest BCUT2D eigenvalue weighted by molar-refractivity contribution is -0.115. The van der Waals surface area contributed by atoms with Gasteiger partial charge in [0.15, 0.2) is 0 Å². The highest BCUT2D eigenvalue weighted by Gasteiger charge is 2.22. The number of anilines is 2. The van der Waals surface area contributed by atoms with Gasteiger partial charge in [-0.1, -0.05) is 18.2 Å². The second-order valence-corrected chi connectivity index (χ2v) is 7.69. The molecule has 1 atom stereocenters. The molecule has 1 unspecified atom stereocenters. The smallest absolute Gasteiger partial charge is 0.245 e. The third-order valence-corrected chi connectivity index (χ3v) is 5.35. The van der Waals surface area contributed by atoms with Crippen molar-refractivity contribution in [2.45, 2.75) is 26.9 Å². The molecule has 0 aliphatic heterocycles. The summed E-state index contributed by atoms with van der Waals surface area (Å²) in [5.74, 6) is 0.874. The number of benzene rings is 2. The van der Waals surface area contributed by atoms with E-state index in [1.165, 1.54) is 0 Å². The van der Waals surface area contributed by atoms with Crippen LogP contribution in [0.5, 0.6) is 5.75 Å². The van der Waals surface area contributed by atoms with Crippen LogP contribution in [0.4, 0.5) is 11.5 Å². The number of para-hydroxylation sites is 1. The predicted molar refractivity (Wildman–Crippen MR) is 125 cm³/mol. The van der Waals surface area contributed by atoms with Gasteiger partial charge in [-0.25, -0.2) is 0 Å². The molecular formula is C25H28N4O3. The fraction of sp³-hybridized carbons (Fsp3) is 0.280. The Morgan fingerprint density at radius 1 is 1.19 bits per heavy atom. The molecule has 32 heavy (non-hydrogen) atoms. The molecule has 1 heterocycles. The summed E-state index contributed by atoms with van der Waals surface area (Å²) in [6.07, 6.45) is -0.606. The quantitative estimate of drug-likeness (QED) is 0.565. The molecule has 3 aromatic rings. The summed E-state index contributed by atoms with van der Waals surface area (Å²) >= 11 is 0. The number of carbonyl (C=O) groups is 1. The molecule has 0 bridgehead atoms. The molecule has 0 aliphatic rings. The van der Waals surface area contributed by atoms with E-state index in [0.29, 0.717) is 17.9 Å². The minimum Gasteiger partial charge on any atom is -0.497 e. The summed E-state index contributed by atoms with van der Waals surface area (Å²) in [6, 6.07) is 19.1. The van der Waals surface area contributed by atoms with Crippen LogP contribution in [0.3, 0.4) is 0 Å². The fourth-order valence-corrected chi connectivity index (χ4v) is 3.68. The third kappa shape index (κ3) is 4.93. The van der Waals surface area contributed by atoms with Gasteiger partial charge >= 0.3 is 0 Å². The van der Waals surface area contributed by atoms with E-state index in [1.54, 1.807) is 14.0 Å². The standard InChI is InChI=1S/C25H28N4O3/c1-17(30)15-28(20-8-6-5-7-9-20)16-24(31)27-25-23(14-26)18(2)19(3)29(25)21-10-12-22(32-4)13-11-21/h5-13,17,30H,15-16H2,1-4H3,(H,27,31). The maximum Gasteiger partial charge on any atom is 0.245 e. The van der Waals surface area contributed by atoms with Crippen molar-refractivity contribution in [3.8, 4) is 17.5 Å². The lowest BCUT2D eigenvalue weighted by atomic mass is 10.2. The van der Waals surface area contributed by atoms with E-state index in [4.69, 9.17) is 4.74 Å². The van der Waals surface area contributed by atoms with Crippen molar-refractivity contribution < 1.29 is 14.6 Å². The lowest BCUT2D eigenvalue weighted by Crippen LogP contribution is -2.38. The van der Waals surface area contributed by atoms with Gasteiger partial charge in [0.1, 0.15) is 17.6 Å². The van der Waals surface area contributed by atoms with E-state index in [1.807, 2.05) is 77.9 Å². The molecule has 0 fully saturated rings. The molecule has 0 radical (unpaired) electrons. The second kappa shape index (κ2) is 10.0. The summed E-state index contributed by atoms with van der Waals surface area (Å²) in [5.41, 5.74) is 3.75. The average molecular weight is 433 g/mol. The molecule has 2 aromatic carbocycles. The molecule has 1 amide bonds. The Morgan fingerprint density at radius 3 is 2.41 bits per heavy atom. The van der Waals surface area contributed by atoms with Crippen molar-refractivity contribution in [1.29, 1.82) is 5.26 Å². The zero-order valence-corrected chi connectivity index (χ0v) is 18.8. The van der Waals surface area contributed by atoms with Crippen LogP contribution in [-0.4, -0.2) is 41.9 Å². The van der Waals surface area contributed by atoms with E-state index in [-0.39, 0.29) is 12.5 Å². The van der Waals surface area contributed by atoms with Gasteiger partial charge in [0.05, 0.1) is 25.3 Å². The van der Waals surface area contributed by atoms with E-state index < -0.39 is 6.10 Å². The fourth-order valence-electron chi connectivity index (χ4n) is 3.68. The number of nitriles is 1. The zero-order valence-electron chi connectivity index (χ0n) is 18.8. The van der Waals surface area contributed by atoms with Crippen LogP contribution >= 0.6 is 0 Å². The summed E-state index contributed by atoms with van der Waals surface area (Å²) in [6.45, 7) is 5.81. The molecule has 1 aromatic heterocycles. The number of hydrogen-bond donors (Lipinski definition) is 2. The molecule has 0 aliphatic carbocycles. The summed E-state index contributed by atoms with van der Waals surface area (Å²) in [4.78, 5) is 14.9. The van der Waals surface area contributed by atoms with Crippen LogP contribution in [0, 0.1) is 25.2 Å². The van der Waals surface area contributed by atoms with Crippen LogP contribution in [0.15, 0.2) is 54.6 Å². The Hall–Kier alpha value is -3.76. The molecule has 0 saturated carbocycles. The first-order valence-corrected chi connectivity index (χ1v) is 10.4. The van der Waals surface area contributed by atoms with E-state index in [2.05, 4.69) is 11.4 Å². The Morgan fingerprint density at radius 2 is 1.84 bits per heavy atom. The van der Waals surface area contributed by atoms with Crippen molar-refractivity contribution in [3.63, 3.8) is 0 Å². The molecule has 166 valence electrons. The van der Waals surface area contributed by atoms with Gasteiger partial charge < -0.3 is 20.1 Å². The van der Waals surface area contributed by atoms with Gasteiger partial charge in [-0.2, -0.15) is 5.26 Å². The van der Waals surface area contributed by atoms with Gasteiger partial charge in [0.2, 0.25) is 5.91 Å². The number of rotatable bonds is 8. The molecule has 0 spiro atoms. The molecule has 7 heteroatoms. The van der Waals surface area contributed by atoms with Crippen molar-refractivity contribution in [2.75, 3.05) is 30.4 Å². The topological polar surface area (TPSA) is 90.5 Å². The van der Waals surface area contributed by atoms with E-state index >= 15 is 0 Å². The lowest BCUT2D eigenvalue weighted by Gasteiger charge is -2.25. The Balaban J connectivity index is 1.94. The highest BCUT2D eigenvalue weighted by atomic mass is 16.5. The minimum atomic E-state index is -0.606. The number of nitrogens with zero attached hydrogens (tertiary/aromatic N) is 3. The number of aliphatic hydroxyl groups excluding tert-OH is 1. The van der Waals surface area contributed by atoms with Gasteiger partial charge in [-0.3, -0.25) is 9.36 Å². The monoisotopic (exact) mass is 432 g/mol. The third-order valence-electron chi connectivity index (χ3n) is 5.35. The highest BCUT2D eigenvalue weighted by molar-refractivity contribution is 5.95. The normalized spacial score (nSPS) is 11.5. The van der Waals surface area contributed by atoms with Gasteiger partial charge in [-0.05, 0) is 62.7 Å². The number of hydrogen-bond acceptors (Lipinski definition) is 5. The number of nitrogens with one attached hydrogen (secondary N) is 1. The van der Waals surface area contributed by atoms with Crippen LogP contribution in [0.25, 0.3) is 5.69 Å². The number of amides is 1. The van der Waals surface area contributed by atoms with E-state index in [9.17, 15) is 15.2 Å². The first-order chi connectivity index (χ1) is 15.3. The molecule has 2 N–H and O–H groups in total. The summed E-state index contributed by atoms with van der Waals surface area (Å²) in [7, 11) is 1.60. The van der Waals surface area contributed by atoms with Gasteiger partial charge in [0.25, 0.3) is 0 Å². The summed E-state index contributed by atoms with van der Waals surface area (Å²) < 4.78 is 7.11. The SMILES string of the molecule is COc1ccc(-n2c(C)c(C)c(C#N)c2NC(=O)CN(CC(C)O)c2ccccc2)cc1. The number of methoxy groups -OCH3 is 1. The zero-order chi connectivity index (χ0) is 23.3. The van der Waals surface area contributed by atoms with Gasteiger partial charge in [0, 0.05) is 23.6 Å². The number of aliphatic hydroxyl groups is 1. The first kappa shape index (κ1) is 22.9. The minimum absolute atomic E-state index is 0.0334. The number of carbonyl (C=O) groups excluding carboxylic acids is 1. The Kier molecular flexibility index (Phi) is 7.18. The van der Waals surface area contributed by atoms with Crippen LogP contribution < -0.4 is 15.0 Å². The highest BCUT2D eigenvalue weighted by Crippen LogP contribution is 2.30. The van der Waals surface area contributed by atoms with Crippen LogP contribution in [-0.2, 0) is 4.79 Å².